The Morgan fingerprint density at radius 2 is 1.80 bits per heavy atom. The average molecular weight is 412 g/mol. The number of urea groups is 1. The number of anilines is 1. The molecule has 2 N–H and O–H groups in total. The van der Waals surface area contributed by atoms with E-state index in [-0.39, 0.29) is 11.9 Å². The van der Waals surface area contributed by atoms with Gasteiger partial charge in [0.15, 0.2) is 0 Å². The quantitative estimate of drug-likeness (QED) is 0.760. The summed E-state index contributed by atoms with van der Waals surface area (Å²) in [5.41, 5.74) is 1.03. The highest BCUT2D eigenvalue weighted by atomic mass is 16.5. The monoisotopic (exact) mass is 411 g/mol. The minimum Gasteiger partial charge on any atom is -0.497 e. The molecule has 0 aliphatic carbocycles. The summed E-state index contributed by atoms with van der Waals surface area (Å²) in [4.78, 5) is 27.4. The highest BCUT2D eigenvalue weighted by Crippen LogP contribution is 2.30. The standard InChI is InChI=1S/C23H29N3O4/c1-23(21(27)24-15-17-6-4-7-20(14-17)30-3)12-5-13-26(16-23)22(28)25-18-8-10-19(29-2)11-9-18/h4,6-11,14H,5,12-13,15-16H2,1-3H3,(H,24,27)(H,25,28). The van der Waals surface area contributed by atoms with Crippen molar-refractivity contribution < 1.29 is 19.1 Å². The van der Waals surface area contributed by atoms with E-state index in [4.69, 9.17) is 9.47 Å². The molecule has 1 aliphatic rings. The molecule has 1 saturated heterocycles. The van der Waals surface area contributed by atoms with Crippen LogP contribution in [0.4, 0.5) is 10.5 Å². The van der Waals surface area contributed by atoms with Gasteiger partial charge in [-0.1, -0.05) is 12.1 Å². The fourth-order valence-electron chi connectivity index (χ4n) is 3.65. The molecular formula is C23H29N3O4. The lowest BCUT2D eigenvalue weighted by Crippen LogP contribution is -2.52. The molecular weight excluding hydrogens is 382 g/mol. The van der Waals surface area contributed by atoms with Crippen LogP contribution in [0.25, 0.3) is 0 Å². The Balaban J connectivity index is 1.58. The lowest BCUT2D eigenvalue weighted by Gasteiger charge is -2.39. The van der Waals surface area contributed by atoms with Gasteiger partial charge in [0.1, 0.15) is 11.5 Å². The van der Waals surface area contributed by atoms with Gasteiger partial charge in [-0.05, 0) is 61.7 Å². The number of ether oxygens (including phenoxy) is 2. The number of rotatable bonds is 6. The maximum Gasteiger partial charge on any atom is 0.321 e. The van der Waals surface area contributed by atoms with Crippen molar-refractivity contribution in [2.24, 2.45) is 5.41 Å². The third-order valence-corrected chi connectivity index (χ3v) is 5.46. The molecule has 0 spiro atoms. The number of nitrogens with one attached hydrogen (secondary N) is 2. The number of hydrogen-bond acceptors (Lipinski definition) is 4. The van der Waals surface area contributed by atoms with Crippen LogP contribution < -0.4 is 20.1 Å². The number of amides is 3. The van der Waals surface area contributed by atoms with Crippen molar-refractivity contribution in [2.75, 3.05) is 32.6 Å². The SMILES string of the molecule is COc1ccc(NC(=O)N2CCCC(C)(C(=O)NCc3cccc(OC)c3)C2)cc1. The number of hydrogen-bond donors (Lipinski definition) is 2. The molecule has 3 rings (SSSR count). The molecule has 1 unspecified atom stereocenters. The molecule has 3 amide bonds. The molecule has 7 nitrogen and oxygen atoms in total. The zero-order valence-corrected chi connectivity index (χ0v) is 17.7. The third kappa shape index (κ3) is 5.23. The molecule has 1 heterocycles. The Bertz CT molecular complexity index is 884. The summed E-state index contributed by atoms with van der Waals surface area (Å²) >= 11 is 0. The van der Waals surface area contributed by atoms with Gasteiger partial charge in [0.05, 0.1) is 19.6 Å². The van der Waals surface area contributed by atoms with Crippen molar-refractivity contribution in [3.8, 4) is 11.5 Å². The maximum atomic E-state index is 12.9. The van der Waals surface area contributed by atoms with Crippen LogP contribution in [-0.4, -0.2) is 44.1 Å². The van der Waals surface area contributed by atoms with Crippen LogP contribution in [0.15, 0.2) is 48.5 Å². The van der Waals surface area contributed by atoms with E-state index in [0.717, 1.165) is 29.9 Å². The predicted molar refractivity (Wildman–Crippen MR) is 116 cm³/mol. The van der Waals surface area contributed by atoms with E-state index >= 15 is 0 Å². The van der Waals surface area contributed by atoms with Crippen LogP contribution in [0.5, 0.6) is 11.5 Å². The number of nitrogens with zero attached hydrogens (tertiary/aromatic N) is 1. The molecule has 1 aliphatic heterocycles. The fourth-order valence-corrected chi connectivity index (χ4v) is 3.65. The Kier molecular flexibility index (Phi) is 6.82. The Labute approximate surface area is 177 Å². The first-order valence-electron chi connectivity index (χ1n) is 10.0. The lowest BCUT2D eigenvalue weighted by molar-refractivity contribution is -0.132. The molecule has 2 aromatic carbocycles. The number of carbonyl (C=O) groups is 2. The predicted octanol–water partition coefficient (Wildman–Crippen LogP) is 3.65. The van der Waals surface area contributed by atoms with Gasteiger partial charge in [0.2, 0.25) is 5.91 Å². The van der Waals surface area contributed by atoms with Gasteiger partial charge < -0.3 is 25.0 Å². The van der Waals surface area contributed by atoms with Crippen LogP contribution >= 0.6 is 0 Å². The van der Waals surface area contributed by atoms with E-state index in [1.165, 1.54) is 0 Å². The van der Waals surface area contributed by atoms with E-state index in [1.54, 1.807) is 43.4 Å². The highest BCUT2D eigenvalue weighted by molar-refractivity contribution is 5.90. The van der Waals surface area contributed by atoms with E-state index in [2.05, 4.69) is 10.6 Å². The molecule has 1 fully saturated rings. The van der Waals surface area contributed by atoms with Crippen LogP contribution in [0.3, 0.4) is 0 Å². The smallest absolute Gasteiger partial charge is 0.321 e. The summed E-state index contributed by atoms with van der Waals surface area (Å²) < 4.78 is 10.4. The second-order valence-corrected chi connectivity index (χ2v) is 7.78. The number of methoxy groups -OCH3 is 2. The van der Waals surface area contributed by atoms with Crippen molar-refractivity contribution in [2.45, 2.75) is 26.3 Å². The third-order valence-electron chi connectivity index (χ3n) is 5.46. The van der Waals surface area contributed by atoms with Gasteiger partial charge in [0, 0.05) is 25.3 Å². The van der Waals surface area contributed by atoms with Gasteiger partial charge in [-0.3, -0.25) is 4.79 Å². The molecule has 30 heavy (non-hydrogen) atoms. The minimum absolute atomic E-state index is 0.0488. The number of likely N-dealkylation sites (tertiary alicyclic amines) is 1. The van der Waals surface area contributed by atoms with Gasteiger partial charge in [-0.25, -0.2) is 4.79 Å². The van der Waals surface area contributed by atoms with Gasteiger partial charge in [-0.2, -0.15) is 0 Å². The Morgan fingerprint density at radius 3 is 2.50 bits per heavy atom. The molecule has 1 atom stereocenters. The topological polar surface area (TPSA) is 79.9 Å². The molecule has 160 valence electrons. The molecule has 2 aromatic rings. The number of carbonyl (C=O) groups excluding carboxylic acids is 2. The largest absolute Gasteiger partial charge is 0.497 e. The number of piperidine rings is 1. The second kappa shape index (κ2) is 9.52. The minimum atomic E-state index is -0.631. The van der Waals surface area contributed by atoms with E-state index in [1.807, 2.05) is 31.2 Å². The number of benzene rings is 2. The van der Waals surface area contributed by atoms with Crippen LogP contribution in [0, 0.1) is 5.41 Å². The summed E-state index contributed by atoms with van der Waals surface area (Å²) in [5, 5.41) is 5.91. The first-order chi connectivity index (χ1) is 14.4. The van der Waals surface area contributed by atoms with E-state index in [0.29, 0.717) is 25.3 Å². The highest BCUT2D eigenvalue weighted by Gasteiger charge is 2.39. The van der Waals surface area contributed by atoms with E-state index < -0.39 is 5.41 Å². The van der Waals surface area contributed by atoms with Gasteiger partial charge >= 0.3 is 6.03 Å². The fraction of sp³-hybridized carbons (Fsp3) is 0.391. The summed E-state index contributed by atoms with van der Waals surface area (Å²) in [6.45, 7) is 3.34. The average Bonchev–Trinajstić information content (AvgIpc) is 2.78. The van der Waals surface area contributed by atoms with Crippen molar-refractivity contribution in [1.82, 2.24) is 10.2 Å². The molecule has 0 bridgehead atoms. The molecule has 0 aromatic heterocycles. The summed E-state index contributed by atoms with van der Waals surface area (Å²) in [5.74, 6) is 1.44. The van der Waals surface area contributed by atoms with Crippen molar-refractivity contribution >= 4 is 17.6 Å². The first kappa shape index (κ1) is 21.5. The normalized spacial score (nSPS) is 18.4. The van der Waals surface area contributed by atoms with Crippen molar-refractivity contribution in [3.63, 3.8) is 0 Å². The van der Waals surface area contributed by atoms with E-state index in [9.17, 15) is 9.59 Å². The van der Waals surface area contributed by atoms with Crippen molar-refractivity contribution in [3.05, 3.63) is 54.1 Å². The lowest BCUT2D eigenvalue weighted by atomic mass is 9.81. The molecule has 0 radical (unpaired) electrons. The molecule has 7 heteroatoms. The zero-order chi connectivity index (χ0) is 21.6. The van der Waals surface area contributed by atoms with Crippen LogP contribution in [-0.2, 0) is 11.3 Å². The summed E-state index contributed by atoms with van der Waals surface area (Å²) in [6, 6.07) is 14.6. The van der Waals surface area contributed by atoms with Gasteiger partial charge in [0.25, 0.3) is 0 Å². The zero-order valence-electron chi connectivity index (χ0n) is 17.7. The summed E-state index contributed by atoms with van der Waals surface area (Å²) in [7, 11) is 3.22. The Hall–Kier alpha value is -3.22. The van der Waals surface area contributed by atoms with Crippen LogP contribution in [0.1, 0.15) is 25.3 Å². The molecule has 0 saturated carbocycles. The van der Waals surface area contributed by atoms with Crippen molar-refractivity contribution in [1.29, 1.82) is 0 Å². The maximum absolute atomic E-state index is 12.9. The Morgan fingerprint density at radius 1 is 1.07 bits per heavy atom. The summed E-state index contributed by atoms with van der Waals surface area (Å²) in [6.07, 6.45) is 1.52. The van der Waals surface area contributed by atoms with Gasteiger partial charge in [-0.15, -0.1) is 0 Å². The van der Waals surface area contributed by atoms with Crippen LogP contribution in [0.2, 0.25) is 0 Å². The second-order valence-electron chi connectivity index (χ2n) is 7.78. The first-order valence-corrected chi connectivity index (χ1v) is 10.0.